The van der Waals surface area contributed by atoms with Gasteiger partial charge in [-0.05, 0) is 30.3 Å². The maximum atomic E-state index is 13.5. The van der Waals surface area contributed by atoms with Gasteiger partial charge in [0, 0.05) is 56.9 Å². The van der Waals surface area contributed by atoms with Crippen LogP contribution < -0.4 is 14.2 Å². The number of methoxy groups -OCH3 is 3. The Balaban J connectivity index is 1.32. The molecule has 10 heteroatoms. The molecule has 0 aromatic heterocycles. The average molecular weight is 502 g/mol. The molecule has 36 heavy (non-hydrogen) atoms. The van der Waals surface area contributed by atoms with Crippen LogP contribution in [0.2, 0.25) is 0 Å². The van der Waals surface area contributed by atoms with Gasteiger partial charge in [0.2, 0.25) is 5.75 Å². The van der Waals surface area contributed by atoms with E-state index in [-0.39, 0.29) is 17.9 Å². The van der Waals surface area contributed by atoms with Gasteiger partial charge in [-0.2, -0.15) is 0 Å². The van der Waals surface area contributed by atoms with Gasteiger partial charge >= 0.3 is 0 Å². The number of halogens is 1. The van der Waals surface area contributed by atoms with Crippen LogP contribution in [0.15, 0.2) is 36.4 Å². The van der Waals surface area contributed by atoms with Gasteiger partial charge in [-0.25, -0.2) is 4.39 Å². The highest BCUT2D eigenvalue weighted by Gasteiger charge is 2.29. The third kappa shape index (κ3) is 5.71. The van der Waals surface area contributed by atoms with E-state index in [2.05, 4.69) is 4.90 Å². The summed E-state index contributed by atoms with van der Waals surface area (Å²) in [4.78, 5) is 31.7. The summed E-state index contributed by atoms with van der Waals surface area (Å²) in [7, 11) is 4.56. The van der Waals surface area contributed by atoms with Crippen LogP contribution in [0.25, 0.3) is 0 Å². The summed E-state index contributed by atoms with van der Waals surface area (Å²) >= 11 is 0. The molecule has 2 aromatic carbocycles. The fourth-order valence-corrected chi connectivity index (χ4v) is 4.63. The van der Waals surface area contributed by atoms with E-state index in [9.17, 15) is 14.0 Å². The van der Waals surface area contributed by atoms with Gasteiger partial charge in [0.15, 0.2) is 11.5 Å². The third-order valence-electron chi connectivity index (χ3n) is 6.53. The number of carbonyl (C=O) groups is 2. The van der Waals surface area contributed by atoms with Gasteiger partial charge in [-0.1, -0.05) is 6.07 Å². The number of nitrogens with zero attached hydrogens (tertiary/aromatic N) is 3. The van der Waals surface area contributed by atoms with Crippen molar-refractivity contribution in [3.63, 3.8) is 0 Å². The van der Waals surface area contributed by atoms with Crippen molar-refractivity contribution in [2.45, 2.75) is 6.10 Å². The molecule has 0 spiro atoms. The smallest absolute Gasteiger partial charge is 0.254 e. The number of hydrogen-bond acceptors (Lipinski definition) is 7. The lowest BCUT2D eigenvalue weighted by molar-refractivity contribution is -0.0400. The number of piperazine rings is 1. The van der Waals surface area contributed by atoms with E-state index < -0.39 is 5.82 Å². The first-order valence-electron chi connectivity index (χ1n) is 11.9. The maximum Gasteiger partial charge on any atom is 0.254 e. The van der Waals surface area contributed by atoms with Gasteiger partial charge in [0.05, 0.1) is 34.0 Å². The summed E-state index contributed by atoms with van der Waals surface area (Å²) in [6, 6.07) is 9.08. The zero-order chi connectivity index (χ0) is 25.7. The molecule has 194 valence electrons. The molecule has 0 saturated carbocycles. The molecule has 2 heterocycles. The second kappa shape index (κ2) is 11.6. The average Bonchev–Trinajstić information content (AvgIpc) is 2.92. The highest BCUT2D eigenvalue weighted by molar-refractivity contribution is 5.96. The minimum atomic E-state index is -0.426. The van der Waals surface area contributed by atoms with E-state index in [0.29, 0.717) is 80.8 Å². The van der Waals surface area contributed by atoms with Gasteiger partial charge in [-0.3, -0.25) is 14.5 Å². The maximum absolute atomic E-state index is 13.5. The van der Waals surface area contributed by atoms with Crippen LogP contribution in [0, 0.1) is 5.82 Å². The van der Waals surface area contributed by atoms with Crippen molar-refractivity contribution >= 4 is 11.8 Å². The van der Waals surface area contributed by atoms with Crippen molar-refractivity contribution in [2.24, 2.45) is 0 Å². The van der Waals surface area contributed by atoms with Gasteiger partial charge < -0.3 is 28.7 Å². The van der Waals surface area contributed by atoms with Crippen molar-refractivity contribution in [3.05, 3.63) is 53.3 Å². The van der Waals surface area contributed by atoms with E-state index in [0.717, 1.165) is 0 Å². The lowest BCUT2D eigenvalue weighted by Gasteiger charge is -2.39. The minimum Gasteiger partial charge on any atom is -0.493 e. The van der Waals surface area contributed by atoms with Gasteiger partial charge in [0.1, 0.15) is 5.82 Å². The molecule has 2 saturated heterocycles. The third-order valence-corrected chi connectivity index (χ3v) is 6.53. The standard InChI is InChI=1S/C26H32FN3O6/c1-33-22-14-19(15-23(34-2)24(22)35-3)26(32)29-9-7-28(8-10-29)16-21-17-30(11-12-36-21)25(31)18-5-4-6-20(27)13-18/h4-6,13-15,21H,7-12,16-17H2,1-3H3. The summed E-state index contributed by atoms with van der Waals surface area (Å²) in [5.41, 5.74) is 0.814. The van der Waals surface area contributed by atoms with Crippen LogP contribution in [-0.2, 0) is 4.74 Å². The molecular weight excluding hydrogens is 469 g/mol. The molecule has 1 unspecified atom stereocenters. The second-order valence-corrected chi connectivity index (χ2v) is 8.76. The Bertz CT molecular complexity index is 1060. The fraction of sp³-hybridized carbons (Fsp3) is 0.462. The number of carbonyl (C=O) groups excluding carboxylic acids is 2. The first kappa shape index (κ1) is 25.7. The molecule has 0 aliphatic carbocycles. The zero-order valence-corrected chi connectivity index (χ0v) is 20.9. The van der Waals surface area contributed by atoms with E-state index in [1.807, 2.05) is 0 Å². The Morgan fingerprint density at radius 2 is 1.56 bits per heavy atom. The highest BCUT2D eigenvalue weighted by atomic mass is 19.1. The first-order valence-corrected chi connectivity index (χ1v) is 11.9. The number of rotatable bonds is 7. The van der Waals surface area contributed by atoms with Crippen molar-refractivity contribution in [1.29, 1.82) is 0 Å². The molecule has 4 rings (SSSR count). The molecule has 2 fully saturated rings. The van der Waals surface area contributed by atoms with Crippen LogP contribution in [0.1, 0.15) is 20.7 Å². The van der Waals surface area contributed by atoms with Crippen LogP contribution in [0.5, 0.6) is 17.2 Å². The largest absolute Gasteiger partial charge is 0.493 e. The Morgan fingerprint density at radius 3 is 2.17 bits per heavy atom. The van der Waals surface area contributed by atoms with Crippen molar-refractivity contribution < 1.29 is 32.9 Å². The molecule has 1 atom stereocenters. The number of amides is 2. The zero-order valence-electron chi connectivity index (χ0n) is 20.9. The Morgan fingerprint density at radius 1 is 0.889 bits per heavy atom. The highest BCUT2D eigenvalue weighted by Crippen LogP contribution is 2.38. The van der Waals surface area contributed by atoms with E-state index >= 15 is 0 Å². The fourth-order valence-electron chi connectivity index (χ4n) is 4.63. The number of benzene rings is 2. The Labute approximate surface area is 210 Å². The van der Waals surface area contributed by atoms with Crippen molar-refractivity contribution in [3.8, 4) is 17.2 Å². The molecule has 9 nitrogen and oxygen atoms in total. The summed E-state index contributed by atoms with van der Waals surface area (Å²) < 4.78 is 35.5. The van der Waals surface area contributed by atoms with Gasteiger partial charge in [-0.15, -0.1) is 0 Å². The SMILES string of the molecule is COc1cc(C(=O)N2CCN(CC3CN(C(=O)c4cccc(F)c4)CCO3)CC2)cc(OC)c1OC. The molecule has 2 aliphatic heterocycles. The Hall–Kier alpha value is -3.37. The van der Waals surface area contributed by atoms with Gasteiger partial charge in [0.25, 0.3) is 11.8 Å². The molecular formula is C26H32FN3O6. The normalized spacial score (nSPS) is 18.6. The lowest BCUT2D eigenvalue weighted by atomic mass is 10.1. The van der Waals surface area contributed by atoms with E-state index in [4.69, 9.17) is 18.9 Å². The number of hydrogen-bond donors (Lipinski definition) is 0. The monoisotopic (exact) mass is 501 g/mol. The quantitative estimate of drug-likeness (QED) is 0.575. The van der Waals surface area contributed by atoms with Crippen LogP contribution in [-0.4, -0.2) is 106 Å². The molecule has 2 aromatic rings. The Kier molecular flexibility index (Phi) is 8.27. The summed E-state index contributed by atoms with van der Waals surface area (Å²) in [5, 5.41) is 0. The lowest BCUT2D eigenvalue weighted by Crippen LogP contribution is -2.54. The minimum absolute atomic E-state index is 0.102. The van der Waals surface area contributed by atoms with E-state index in [1.165, 1.54) is 33.5 Å². The topological polar surface area (TPSA) is 80.8 Å². The second-order valence-electron chi connectivity index (χ2n) is 8.76. The molecule has 0 radical (unpaired) electrons. The summed E-state index contributed by atoms with van der Waals surface area (Å²) in [6.45, 7) is 4.51. The molecule has 0 bridgehead atoms. The number of ether oxygens (including phenoxy) is 4. The van der Waals surface area contributed by atoms with Crippen LogP contribution >= 0.6 is 0 Å². The molecule has 2 amide bonds. The van der Waals surface area contributed by atoms with Crippen molar-refractivity contribution in [1.82, 2.24) is 14.7 Å². The first-order chi connectivity index (χ1) is 17.4. The van der Waals surface area contributed by atoms with Crippen LogP contribution in [0.4, 0.5) is 4.39 Å². The predicted molar refractivity (Wildman–Crippen MR) is 130 cm³/mol. The predicted octanol–water partition coefficient (Wildman–Crippen LogP) is 2.15. The number of morpholine rings is 1. The van der Waals surface area contributed by atoms with Crippen LogP contribution in [0.3, 0.4) is 0 Å². The summed E-state index contributed by atoms with van der Waals surface area (Å²) in [5.74, 6) is 0.595. The summed E-state index contributed by atoms with van der Waals surface area (Å²) in [6.07, 6.45) is -0.145. The van der Waals surface area contributed by atoms with E-state index in [1.54, 1.807) is 34.1 Å². The van der Waals surface area contributed by atoms with Crippen molar-refractivity contribution in [2.75, 3.05) is 73.7 Å². The molecule has 0 N–H and O–H groups in total. The molecule has 2 aliphatic rings.